The van der Waals surface area contributed by atoms with Gasteiger partial charge in [-0.3, -0.25) is 5.84 Å². The number of rotatable bonds is 4. The molecule has 0 aliphatic rings. The first-order valence-corrected chi connectivity index (χ1v) is 4.36. The Morgan fingerprint density at radius 1 is 1.25 bits per heavy atom. The van der Waals surface area contributed by atoms with E-state index < -0.39 is 0 Å². The van der Waals surface area contributed by atoms with Gasteiger partial charge in [-0.25, -0.2) is 0 Å². The molecule has 0 aliphatic heterocycles. The van der Waals surface area contributed by atoms with Crippen molar-refractivity contribution in [1.29, 1.82) is 0 Å². The van der Waals surface area contributed by atoms with Crippen LogP contribution in [-0.2, 0) is 0 Å². The third kappa shape index (κ3) is 3.58. The number of allylic oxidation sites excluding steroid dienone is 3. The molecular formula is C10H20N2. The number of hydrogen-bond donors (Lipinski definition) is 2. The van der Waals surface area contributed by atoms with Gasteiger partial charge in [0, 0.05) is 5.70 Å². The van der Waals surface area contributed by atoms with Crippen molar-refractivity contribution in [2.45, 2.75) is 27.7 Å². The summed E-state index contributed by atoms with van der Waals surface area (Å²) in [5.74, 6) is 6.26. The Morgan fingerprint density at radius 2 is 1.75 bits per heavy atom. The van der Waals surface area contributed by atoms with Crippen molar-refractivity contribution in [3.05, 3.63) is 23.9 Å². The predicted octanol–water partition coefficient (Wildman–Crippen LogP) is 2.20. The molecular weight excluding hydrogens is 148 g/mol. The van der Waals surface area contributed by atoms with Crippen molar-refractivity contribution in [2.75, 3.05) is 0 Å². The lowest BCUT2D eigenvalue weighted by atomic mass is 10.0. The van der Waals surface area contributed by atoms with Crippen LogP contribution in [0.5, 0.6) is 0 Å². The molecule has 0 rings (SSSR count). The molecule has 0 radical (unpaired) electrons. The first-order valence-electron chi connectivity index (χ1n) is 4.36. The van der Waals surface area contributed by atoms with E-state index >= 15 is 0 Å². The molecule has 0 saturated heterocycles. The first kappa shape index (κ1) is 11.2. The molecule has 0 spiro atoms. The standard InChI is InChI=1S/C10H20N2/c1-7(2)9(5)6-10(12-11)8(3)4/h6-8,12H,5,11H2,1-4H3/b10-6-. The molecule has 0 fully saturated rings. The van der Waals surface area contributed by atoms with Gasteiger partial charge in [0.1, 0.15) is 0 Å². The molecule has 0 atom stereocenters. The van der Waals surface area contributed by atoms with Crippen LogP contribution in [-0.4, -0.2) is 0 Å². The Labute approximate surface area is 75.5 Å². The number of hydrazine groups is 1. The van der Waals surface area contributed by atoms with E-state index in [0.29, 0.717) is 11.8 Å². The third-order valence-corrected chi connectivity index (χ3v) is 1.87. The highest BCUT2D eigenvalue weighted by Gasteiger charge is 2.03. The van der Waals surface area contributed by atoms with Gasteiger partial charge in [0.05, 0.1) is 0 Å². The number of nitrogens with one attached hydrogen (secondary N) is 1. The van der Waals surface area contributed by atoms with Gasteiger partial charge >= 0.3 is 0 Å². The Bertz CT molecular complexity index is 178. The van der Waals surface area contributed by atoms with E-state index in [-0.39, 0.29) is 0 Å². The van der Waals surface area contributed by atoms with Gasteiger partial charge in [-0.15, -0.1) is 0 Å². The van der Waals surface area contributed by atoms with E-state index in [1.165, 1.54) is 0 Å². The summed E-state index contributed by atoms with van der Waals surface area (Å²) in [7, 11) is 0. The maximum absolute atomic E-state index is 5.36. The minimum absolute atomic E-state index is 0.422. The van der Waals surface area contributed by atoms with Crippen molar-refractivity contribution in [3.63, 3.8) is 0 Å². The highest BCUT2D eigenvalue weighted by atomic mass is 15.2. The summed E-state index contributed by atoms with van der Waals surface area (Å²) in [6.45, 7) is 12.4. The highest BCUT2D eigenvalue weighted by Crippen LogP contribution is 2.13. The fraction of sp³-hybridized carbons (Fsp3) is 0.600. The lowest BCUT2D eigenvalue weighted by molar-refractivity contribution is 0.665. The van der Waals surface area contributed by atoms with Gasteiger partial charge in [0.2, 0.25) is 0 Å². The van der Waals surface area contributed by atoms with Crippen molar-refractivity contribution in [3.8, 4) is 0 Å². The summed E-state index contributed by atoms with van der Waals surface area (Å²) in [6.07, 6.45) is 2.02. The average molecular weight is 168 g/mol. The molecule has 0 aromatic heterocycles. The summed E-state index contributed by atoms with van der Waals surface area (Å²) < 4.78 is 0. The van der Waals surface area contributed by atoms with E-state index in [1.807, 2.05) is 6.08 Å². The van der Waals surface area contributed by atoms with Crippen LogP contribution in [0, 0.1) is 11.8 Å². The van der Waals surface area contributed by atoms with Crippen LogP contribution in [0.1, 0.15) is 27.7 Å². The van der Waals surface area contributed by atoms with E-state index in [2.05, 4.69) is 39.7 Å². The molecule has 12 heavy (non-hydrogen) atoms. The quantitative estimate of drug-likeness (QED) is 0.383. The van der Waals surface area contributed by atoms with E-state index in [9.17, 15) is 0 Å². The zero-order valence-electron chi connectivity index (χ0n) is 8.52. The molecule has 2 nitrogen and oxygen atoms in total. The molecule has 0 aromatic carbocycles. The molecule has 0 unspecified atom stereocenters. The predicted molar refractivity (Wildman–Crippen MR) is 54.2 cm³/mol. The Balaban J connectivity index is 4.38. The molecule has 0 aliphatic carbocycles. The van der Waals surface area contributed by atoms with Crippen LogP contribution in [0.2, 0.25) is 0 Å². The fourth-order valence-electron chi connectivity index (χ4n) is 0.741. The minimum Gasteiger partial charge on any atom is -0.328 e. The van der Waals surface area contributed by atoms with Gasteiger partial charge in [-0.2, -0.15) is 0 Å². The summed E-state index contributed by atoms with van der Waals surface area (Å²) in [5, 5.41) is 0. The van der Waals surface area contributed by atoms with E-state index in [4.69, 9.17) is 5.84 Å². The minimum atomic E-state index is 0.422. The van der Waals surface area contributed by atoms with E-state index in [0.717, 1.165) is 11.3 Å². The van der Waals surface area contributed by atoms with Crippen molar-refractivity contribution in [1.82, 2.24) is 5.43 Å². The average Bonchev–Trinajstić information content (AvgIpc) is 1.98. The summed E-state index contributed by atoms with van der Waals surface area (Å²) in [4.78, 5) is 0. The normalized spacial score (nSPS) is 12.4. The van der Waals surface area contributed by atoms with Crippen LogP contribution in [0.25, 0.3) is 0 Å². The van der Waals surface area contributed by atoms with Gasteiger partial charge in [-0.1, -0.05) is 39.8 Å². The first-order chi connectivity index (χ1) is 5.49. The molecule has 3 N–H and O–H groups in total. The van der Waals surface area contributed by atoms with Crippen molar-refractivity contribution >= 4 is 0 Å². The SMILES string of the molecule is C=C(/C=C(\NN)C(C)C)C(C)C. The molecule has 0 heterocycles. The Morgan fingerprint density at radius 3 is 2.00 bits per heavy atom. The van der Waals surface area contributed by atoms with Crippen LogP contribution in [0.15, 0.2) is 23.9 Å². The smallest absolute Gasteiger partial charge is 0.0287 e. The number of hydrogen-bond acceptors (Lipinski definition) is 2. The van der Waals surface area contributed by atoms with Crippen LogP contribution < -0.4 is 11.3 Å². The monoisotopic (exact) mass is 168 g/mol. The second-order valence-electron chi connectivity index (χ2n) is 3.63. The fourth-order valence-corrected chi connectivity index (χ4v) is 0.741. The molecule has 0 bridgehead atoms. The molecule has 0 aromatic rings. The zero-order valence-corrected chi connectivity index (χ0v) is 8.52. The van der Waals surface area contributed by atoms with Gasteiger partial charge in [0.15, 0.2) is 0 Å². The number of nitrogens with two attached hydrogens (primary N) is 1. The highest BCUT2D eigenvalue weighted by molar-refractivity contribution is 5.21. The second-order valence-corrected chi connectivity index (χ2v) is 3.63. The van der Waals surface area contributed by atoms with Crippen LogP contribution >= 0.6 is 0 Å². The lowest BCUT2D eigenvalue weighted by Crippen LogP contribution is -2.24. The van der Waals surface area contributed by atoms with Gasteiger partial charge in [0.25, 0.3) is 0 Å². The Hall–Kier alpha value is -0.760. The maximum atomic E-state index is 5.36. The second kappa shape index (κ2) is 4.99. The Kier molecular flexibility index (Phi) is 4.67. The van der Waals surface area contributed by atoms with Crippen molar-refractivity contribution < 1.29 is 0 Å². The topological polar surface area (TPSA) is 38.0 Å². The van der Waals surface area contributed by atoms with Crippen LogP contribution in [0.3, 0.4) is 0 Å². The molecule has 70 valence electrons. The zero-order chi connectivity index (χ0) is 9.72. The van der Waals surface area contributed by atoms with Crippen molar-refractivity contribution in [2.24, 2.45) is 17.7 Å². The lowest BCUT2D eigenvalue weighted by Gasteiger charge is -2.12. The van der Waals surface area contributed by atoms with E-state index in [1.54, 1.807) is 0 Å². The summed E-state index contributed by atoms with van der Waals surface area (Å²) >= 11 is 0. The molecule has 0 saturated carbocycles. The summed E-state index contributed by atoms with van der Waals surface area (Å²) in [5.41, 5.74) is 4.83. The maximum Gasteiger partial charge on any atom is 0.0287 e. The molecule has 0 amide bonds. The third-order valence-electron chi connectivity index (χ3n) is 1.87. The molecule has 2 heteroatoms. The van der Waals surface area contributed by atoms with Gasteiger partial charge in [-0.05, 0) is 17.9 Å². The van der Waals surface area contributed by atoms with Crippen LogP contribution in [0.4, 0.5) is 0 Å². The largest absolute Gasteiger partial charge is 0.328 e. The van der Waals surface area contributed by atoms with Gasteiger partial charge < -0.3 is 5.43 Å². The summed E-state index contributed by atoms with van der Waals surface area (Å²) in [6, 6.07) is 0.